The lowest BCUT2D eigenvalue weighted by Gasteiger charge is -2.11. The molecule has 1 nitrogen and oxygen atoms in total. The normalized spacial score (nSPS) is 10.8. The van der Waals surface area contributed by atoms with Crippen molar-refractivity contribution in [2.45, 2.75) is 26.4 Å². The van der Waals surface area contributed by atoms with Crippen molar-refractivity contribution in [3.05, 3.63) is 47.5 Å². The molecule has 0 radical (unpaired) electrons. The first-order valence-electron chi connectivity index (χ1n) is 6.25. The van der Waals surface area contributed by atoms with Gasteiger partial charge in [0.1, 0.15) is 6.61 Å². The number of ether oxygens (including phenoxy) is 1. The second-order valence-corrected chi connectivity index (χ2v) is 4.75. The number of hydrogen-bond donors (Lipinski definition) is 0. The minimum absolute atomic E-state index is 0.365. The Morgan fingerprint density at radius 2 is 2.06 bits per heavy atom. The van der Waals surface area contributed by atoms with E-state index in [4.69, 9.17) is 11.2 Å². The van der Waals surface area contributed by atoms with Crippen LogP contribution in [-0.4, -0.2) is 6.61 Å². The largest absolute Gasteiger partial charge is 0.364 e. The van der Waals surface area contributed by atoms with Crippen LogP contribution in [0.1, 0.15) is 30.9 Å². The van der Waals surface area contributed by atoms with Crippen molar-refractivity contribution in [2.75, 3.05) is 6.61 Å². The van der Waals surface area contributed by atoms with Gasteiger partial charge >= 0.3 is 0 Å². The lowest BCUT2D eigenvalue weighted by molar-refractivity contribution is 0.153. The summed E-state index contributed by atoms with van der Waals surface area (Å²) in [5, 5.41) is 2.59. The highest BCUT2D eigenvalue weighted by molar-refractivity contribution is 5.86. The molecule has 0 unspecified atom stereocenters. The van der Waals surface area contributed by atoms with E-state index >= 15 is 0 Å². The number of benzene rings is 2. The lowest BCUT2D eigenvalue weighted by Crippen LogP contribution is -1.94. The van der Waals surface area contributed by atoms with E-state index in [1.54, 1.807) is 0 Å². The van der Waals surface area contributed by atoms with Crippen molar-refractivity contribution in [1.82, 2.24) is 0 Å². The molecule has 0 aromatic heterocycles. The summed E-state index contributed by atoms with van der Waals surface area (Å²) in [6.07, 6.45) is 5.16. The fraction of sp³-hybridized carbons (Fsp3) is 0.294. The average Bonchev–Trinajstić information content (AvgIpc) is 2.38. The SMILES string of the molecule is C#CCOCc1ccc2c(C(C)C)cccc2c1. The molecule has 0 saturated heterocycles. The van der Waals surface area contributed by atoms with Gasteiger partial charge in [0.25, 0.3) is 0 Å². The molecular formula is C17H18O. The summed E-state index contributed by atoms with van der Waals surface area (Å²) < 4.78 is 5.36. The Kier molecular flexibility index (Phi) is 4.02. The zero-order chi connectivity index (χ0) is 13.0. The highest BCUT2D eigenvalue weighted by atomic mass is 16.5. The van der Waals surface area contributed by atoms with E-state index in [1.165, 1.54) is 21.9 Å². The smallest absolute Gasteiger partial charge is 0.107 e. The van der Waals surface area contributed by atoms with E-state index in [-0.39, 0.29) is 0 Å². The highest BCUT2D eigenvalue weighted by Gasteiger charge is 2.05. The first-order chi connectivity index (χ1) is 8.72. The molecule has 2 aromatic carbocycles. The highest BCUT2D eigenvalue weighted by Crippen LogP contribution is 2.26. The van der Waals surface area contributed by atoms with E-state index in [0.717, 1.165) is 0 Å². The van der Waals surface area contributed by atoms with Gasteiger partial charge in [-0.05, 0) is 33.9 Å². The number of hydrogen-bond acceptors (Lipinski definition) is 1. The minimum atomic E-state index is 0.365. The van der Waals surface area contributed by atoms with Crippen LogP contribution in [0.4, 0.5) is 0 Å². The summed E-state index contributed by atoms with van der Waals surface area (Å²) in [6.45, 7) is 5.38. The molecule has 0 saturated carbocycles. The van der Waals surface area contributed by atoms with Crippen LogP contribution < -0.4 is 0 Å². The molecule has 2 aromatic rings. The Bertz CT molecular complexity index is 576. The second kappa shape index (κ2) is 5.71. The molecule has 0 fully saturated rings. The molecule has 0 aliphatic rings. The van der Waals surface area contributed by atoms with E-state index in [0.29, 0.717) is 19.1 Å². The Balaban J connectivity index is 2.32. The third kappa shape index (κ3) is 2.72. The molecule has 0 aliphatic carbocycles. The summed E-state index contributed by atoms with van der Waals surface area (Å²) in [4.78, 5) is 0. The number of fused-ring (bicyclic) bond motifs is 1. The molecule has 92 valence electrons. The molecule has 18 heavy (non-hydrogen) atoms. The second-order valence-electron chi connectivity index (χ2n) is 4.75. The van der Waals surface area contributed by atoms with Crippen LogP contribution in [0.2, 0.25) is 0 Å². The van der Waals surface area contributed by atoms with Crippen LogP contribution in [0.5, 0.6) is 0 Å². The molecule has 0 spiro atoms. The van der Waals surface area contributed by atoms with E-state index in [9.17, 15) is 0 Å². The van der Waals surface area contributed by atoms with Gasteiger partial charge in [-0.2, -0.15) is 0 Å². The van der Waals surface area contributed by atoms with Crippen LogP contribution >= 0.6 is 0 Å². The molecule has 0 heterocycles. The topological polar surface area (TPSA) is 9.23 Å². The zero-order valence-electron chi connectivity index (χ0n) is 10.9. The van der Waals surface area contributed by atoms with Crippen LogP contribution in [0.15, 0.2) is 36.4 Å². The first kappa shape index (κ1) is 12.7. The maximum absolute atomic E-state index is 5.36. The summed E-state index contributed by atoms with van der Waals surface area (Å²) in [7, 11) is 0. The first-order valence-corrected chi connectivity index (χ1v) is 6.25. The third-order valence-corrected chi connectivity index (χ3v) is 3.05. The molecule has 0 aliphatic heterocycles. The monoisotopic (exact) mass is 238 g/mol. The molecule has 0 bridgehead atoms. The standard InChI is InChI=1S/C17H18O/c1-4-10-18-12-14-8-9-17-15(11-14)6-5-7-16(17)13(2)3/h1,5-9,11,13H,10,12H2,2-3H3. The van der Waals surface area contributed by atoms with Gasteiger partial charge in [0.05, 0.1) is 6.61 Å². The molecule has 0 N–H and O–H groups in total. The van der Waals surface area contributed by atoms with E-state index < -0.39 is 0 Å². The lowest BCUT2D eigenvalue weighted by atomic mass is 9.95. The quantitative estimate of drug-likeness (QED) is 0.575. The Morgan fingerprint density at radius 3 is 2.78 bits per heavy atom. The van der Waals surface area contributed by atoms with Gasteiger partial charge in [-0.1, -0.05) is 50.1 Å². The van der Waals surface area contributed by atoms with E-state index in [1.807, 2.05) is 0 Å². The van der Waals surface area contributed by atoms with Crippen LogP contribution in [0, 0.1) is 12.3 Å². The number of terminal acetylenes is 1. The van der Waals surface area contributed by atoms with Gasteiger partial charge in [-0.3, -0.25) is 0 Å². The summed E-state index contributed by atoms with van der Waals surface area (Å²) in [6, 6.07) is 12.9. The maximum atomic E-state index is 5.36. The van der Waals surface area contributed by atoms with Crippen molar-refractivity contribution in [3.8, 4) is 12.3 Å². The van der Waals surface area contributed by atoms with Crippen LogP contribution in [-0.2, 0) is 11.3 Å². The van der Waals surface area contributed by atoms with Gasteiger partial charge in [0.15, 0.2) is 0 Å². The van der Waals surface area contributed by atoms with Gasteiger partial charge in [0.2, 0.25) is 0 Å². The molecule has 1 heteroatoms. The van der Waals surface area contributed by atoms with Gasteiger partial charge in [0, 0.05) is 0 Å². The van der Waals surface area contributed by atoms with Crippen molar-refractivity contribution in [2.24, 2.45) is 0 Å². The summed E-state index contributed by atoms with van der Waals surface area (Å²) in [5.41, 5.74) is 2.56. The van der Waals surface area contributed by atoms with Crippen molar-refractivity contribution < 1.29 is 4.74 Å². The summed E-state index contributed by atoms with van der Waals surface area (Å²) in [5.74, 6) is 3.02. The van der Waals surface area contributed by atoms with Crippen molar-refractivity contribution in [1.29, 1.82) is 0 Å². The third-order valence-electron chi connectivity index (χ3n) is 3.05. The maximum Gasteiger partial charge on any atom is 0.107 e. The minimum Gasteiger partial charge on any atom is -0.364 e. The number of rotatable bonds is 4. The predicted molar refractivity (Wildman–Crippen MR) is 76.5 cm³/mol. The Labute approximate surface area is 109 Å². The Morgan fingerprint density at radius 1 is 1.22 bits per heavy atom. The van der Waals surface area contributed by atoms with Gasteiger partial charge < -0.3 is 4.74 Å². The fourth-order valence-corrected chi connectivity index (χ4v) is 2.18. The molecule has 0 amide bonds. The van der Waals surface area contributed by atoms with Crippen LogP contribution in [0.25, 0.3) is 10.8 Å². The van der Waals surface area contributed by atoms with Crippen molar-refractivity contribution in [3.63, 3.8) is 0 Å². The predicted octanol–water partition coefficient (Wildman–Crippen LogP) is 4.11. The molecule has 2 rings (SSSR count). The molecule has 0 atom stereocenters. The summed E-state index contributed by atoms with van der Waals surface area (Å²) >= 11 is 0. The Hall–Kier alpha value is -1.78. The van der Waals surface area contributed by atoms with Crippen LogP contribution in [0.3, 0.4) is 0 Å². The van der Waals surface area contributed by atoms with Gasteiger partial charge in [-0.25, -0.2) is 0 Å². The fourth-order valence-electron chi connectivity index (χ4n) is 2.18. The molecular weight excluding hydrogens is 220 g/mol. The van der Waals surface area contributed by atoms with Crippen molar-refractivity contribution >= 4 is 10.8 Å². The zero-order valence-corrected chi connectivity index (χ0v) is 10.9. The average molecular weight is 238 g/mol. The van der Waals surface area contributed by atoms with E-state index in [2.05, 4.69) is 56.2 Å². The van der Waals surface area contributed by atoms with Gasteiger partial charge in [-0.15, -0.1) is 6.42 Å².